The van der Waals surface area contributed by atoms with E-state index in [1.807, 2.05) is 0 Å². The molecule has 0 bridgehead atoms. The van der Waals surface area contributed by atoms with E-state index in [9.17, 15) is 14.8 Å². The van der Waals surface area contributed by atoms with Gasteiger partial charge in [-0.1, -0.05) is 18.2 Å². The van der Waals surface area contributed by atoms with Crippen LogP contribution in [0, 0.1) is 5.21 Å². The molecule has 8 heteroatoms. The number of esters is 2. The van der Waals surface area contributed by atoms with Gasteiger partial charge in [-0.25, -0.2) is 4.79 Å². The Hall–Kier alpha value is -2.77. The van der Waals surface area contributed by atoms with Gasteiger partial charge in [-0.15, -0.1) is 0 Å². The molecular weight excluding hydrogens is 306 g/mol. The van der Waals surface area contributed by atoms with E-state index in [1.165, 1.54) is 7.11 Å². The zero-order chi connectivity index (χ0) is 17.0. The van der Waals surface area contributed by atoms with Gasteiger partial charge < -0.3 is 19.0 Å². The predicted molar refractivity (Wildman–Crippen MR) is 77.9 cm³/mol. The number of para-hydroxylation sites is 1. The molecule has 1 aromatic carbocycles. The Morgan fingerprint density at radius 3 is 2.61 bits per heavy atom. The highest BCUT2D eigenvalue weighted by Crippen LogP contribution is 2.35. The van der Waals surface area contributed by atoms with Gasteiger partial charge in [0.2, 0.25) is 0 Å². The van der Waals surface area contributed by atoms with Gasteiger partial charge in [0.1, 0.15) is 11.7 Å². The number of benzene rings is 1. The van der Waals surface area contributed by atoms with Crippen molar-refractivity contribution in [3.05, 3.63) is 35.0 Å². The number of methoxy groups -OCH3 is 2. The van der Waals surface area contributed by atoms with Crippen molar-refractivity contribution >= 4 is 17.7 Å². The van der Waals surface area contributed by atoms with Crippen molar-refractivity contribution in [1.82, 2.24) is 0 Å². The second kappa shape index (κ2) is 6.99. The van der Waals surface area contributed by atoms with Crippen LogP contribution in [0.3, 0.4) is 0 Å². The van der Waals surface area contributed by atoms with E-state index in [1.54, 1.807) is 31.2 Å². The zero-order valence-electron chi connectivity index (χ0n) is 13.0. The van der Waals surface area contributed by atoms with Crippen LogP contribution in [-0.2, 0) is 23.9 Å². The topological polar surface area (TPSA) is 97.1 Å². The lowest BCUT2D eigenvalue weighted by atomic mass is 9.88. The van der Waals surface area contributed by atoms with E-state index in [2.05, 4.69) is 4.74 Å². The summed E-state index contributed by atoms with van der Waals surface area (Å²) in [6.45, 7) is 1.74. The number of nitrogens with zero attached hydrogens (tertiary/aromatic N) is 1. The monoisotopic (exact) mass is 323 g/mol. The Kier molecular flexibility index (Phi) is 5.05. The van der Waals surface area contributed by atoms with Crippen molar-refractivity contribution in [3.63, 3.8) is 0 Å². The largest absolute Gasteiger partial charge is 0.496 e. The molecule has 0 fully saturated rings. The first-order valence-corrected chi connectivity index (χ1v) is 6.93. The van der Waals surface area contributed by atoms with Gasteiger partial charge >= 0.3 is 17.7 Å². The highest BCUT2D eigenvalue weighted by molar-refractivity contribution is 6.37. The summed E-state index contributed by atoms with van der Waals surface area (Å²) in [6, 6.07) is 6.72. The number of rotatable bonds is 5. The number of carbonyl (C=O) groups excluding carboxylic acids is 2. The van der Waals surface area contributed by atoms with Gasteiger partial charge in [-0.3, -0.25) is 10.0 Å². The molecule has 0 unspecified atom stereocenters. The molecule has 0 radical (unpaired) electrons. The molecule has 8 nitrogen and oxygen atoms in total. The number of ether oxygens (including phenoxy) is 3. The molecule has 0 spiro atoms. The van der Waals surface area contributed by atoms with Crippen molar-refractivity contribution in [2.75, 3.05) is 20.8 Å². The van der Waals surface area contributed by atoms with Crippen LogP contribution in [0.4, 0.5) is 0 Å². The Bertz CT molecular complexity index is 640. The lowest BCUT2D eigenvalue weighted by Crippen LogP contribution is -2.34. The van der Waals surface area contributed by atoms with Crippen molar-refractivity contribution in [3.8, 4) is 5.75 Å². The SMILES string of the molecule is CCOC(=O)[C@@H]1O[N+]([O-])=C(C(=O)OC)[C@H]1c1ccccc1OC. The fraction of sp³-hybridized carbons (Fsp3) is 0.400. The summed E-state index contributed by atoms with van der Waals surface area (Å²) < 4.78 is 14.8. The molecule has 2 rings (SSSR count). The second-order valence-corrected chi connectivity index (χ2v) is 4.63. The molecule has 1 heterocycles. The summed E-state index contributed by atoms with van der Waals surface area (Å²) in [6.07, 6.45) is -1.29. The third kappa shape index (κ3) is 3.05. The number of hydrogen-bond donors (Lipinski definition) is 0. The lowest BCUT2D eigenvalue weighted by Gasteiger charge is -2.19. The maximum atomic E-state index is 12.1. The van der Waals surface area contributed by atoms with Crippen LogP contribution in [0.5, 0.6) is 5.75 Å². The van der Waals surface area contributed by atoms with Crippen LogP contribution >= 0.6 is 0 Å². The molecule has 23 heavy (non-hydrogen) atoms. The standard InChI is InChI=1S/C15H17NO7/c1-4-22-15(18)13-11(9-7-5-6-8-10(9)20-2)12(14(17)21-3)16(19)23-13/h5-8,11,13H,4H2,1-3H3/t11-,13-/m1/s1. The molecule has 124 valence electrons. The molecule has 0 amide bonds. The van der Waals surface area contributed by atoms with E-state index in [0.29, 0.717) is 11.3 Å². The summed E-state index contributed by atoms with van der Waals surface area (Å²) >= 11 is 0. The highest BCUT2D eigenvalue weighted by Gasteiger charge is 2.51. The van der Waals surface area contributed by atoms with Crippen LogP contribution < -0.4 is 4.74 Å². The molecule has 0 aromatic heterocycles. The van der Waals surface area contributed by atoms with Crippen LogP contribution in [0.1, 0.15) is 18.4 Å². The molecule has 0 aliphatic carbocycles. The van der Waals surface area contributed by atoms with Crippen LogP contribution in [-0.4, -0.2) is 49.5 Å². The lowest BCUT2D eigenvalue weighted by molar-refractivity contribution is -0.736. The minimum absolute atomic E-state index is 0.00449. The minimum Gasteiger partial charge on any atom is -0.496 e. The normalized spacial score (nSPS) is 20.0. The van der Waals surface area contributed by atoms with Gasteiger partial charge in [-0.2, -0.15) is 0 Å². The van der Waals surface area contributed by atoms with E-state index in [4.69, 9.17) is 14.3 Å². The van der Waals surface area contributed by atoms with Gasteiger partial charge in [0.15, 0.2) is 6.10 Å². The van der Waals surface area contributed by atoms with Crippen molar-refractivity contribution in [1.29, 1.82) is 0 Å². The molecule has 1 aliphatic heterocycles. The Balaban J connectivity index is 2.53. The fourth-order valence-corrected chi connectivity index (χ4v) is 2.42. The summed E-state index contributed by atoms with van der Waals surface area (Å²) in [5, 5.41) is 12.0. The van der Waals surface area contributed by atoms with Gasteiger partial charge in [-0.05, 0) is 13.0 Å². The summed E-state index contributed by atoms with van der Waals surface area (Å²) in [7, 11) is 2.58. The molecule has 0 N–H and O–H groups in total. The molecule has 1 aromatic rings. The van der Waals surface area contributed by atoms with Crippen molar-refractivity contribution in [2.45, 2.75) is 18.9 Å². The zero-order valence-corrected chi connectivity index (χ0v) is 13.0. The Labute approximate surface area is 132 Å². The second-order valence-electron chi connectivity index (χ2n) is 4.63. The highest BCUT2D eigenvalue weighted by atomic mass is 16.9. The summed E-state index contributed by atoms with van der Waals surface area (Å²) in [4.78, 5) is 29.1. The fourth-order valence-electron chi connectivity index (χ4n) is 2.42. The first-order chi connectivity index (χ1) is 11.0. The van der Waals surface area contributed by atoms with Crippen LogP contribution in [0.15, 0.2) is 24.3 Å². The quantitative estimate of drug-likeness (QED) is 0.583. The van der Waals surface area contributed by atoms with Gasteiger partial charge in [0.05, 0.1) is 25.7 Å². The van der Waals surface area contributed by atoms with E-state index < -0.39 is 24.0 Å². The average Bonchev–Trinajstić information content (AvgIpc) is 2.91. The van der Waals surface area contributed by atoms with Gasteiger partial charge in [0.25, 0.3) is 0 Å². The summed E-state index contributed by atoms with van der Waals surface area (Å²) in [5.74, 6) is -2.21. The average molecular weight is 323 g/mol. The summed E-state index contributed by atoms with van der Waals surface area (Å²) in [5.41, 5.74) is 0.113. The maximum absolute atomic E-state index is 12.1. The third-order valence-electron chi connectivity index (χ3n) is 3.39. The smallest absolute Gasteiger partial charge is 0.405 e. The molecule has 2 atom stereocenters. The van der Waals surface area contributed by atoms with E-state index in [0.717, 1.165) is 7.11 Å². The van der Waals surface area contributed by atoms with Crippen molar-refractivity contribution in [2.24, 2.45) is 0 Å². The first-order valence-electron chi connectivity index (χ1n) is 6.93. The minimum atomic E-state index is -1.29. The van der Waals surface area contributed by atoms with Crippen LogP contribution in [0.2, 0.25) is 0 Å². The molecule has 1 aliphatic rings. The Morgan fingerprint density at radius 2 is 2.00 bits per heavy atom. The number of carbonyl (C=O) groups is 2. The first kappa shape index (κ1) is 16.6. The molecule has 0 saturated carbocycles. The van der Waals surface area contributed by atoms with E-state index >= 15 is 0 Å². The molecule has 0 saturated heterocycles. The predicted octanol–water partition coefficient (Wildman–Crippen LogP) is 0.780. The van der Waals surface area contributed by atoms with Crippen molar-refractivity contribution < 1.29 is 33.5 Å². The number of hydrogen-bond acceptors (Lipinski definition) is 7. The van der Waals surface area contributed by atoms with Crippen LogP contribution in [0.25, 0.3) is 0 Å². The van der Waals surface area contributed by atoms with E-state index in [-0.39, 0.29) is 17.2 Å². The third-order valence-corrected chi connectivity index (χ3v) is 3.39. The Morgan fingerprint density at radius 1 is 1.30 bits per heavy atom. The van der Waals surface area contributed by atoms with Gasteiger partial charge in [0, 0.05) is 5.56 Å². The maximum Gasteiger partial charge on any atom is 0.405 e. The molecular formula is C15H17NO7.